The SMILES string of the molecule is CCn1nc(C)c(N)c1NC(C)(C)CCc1ccccc1. The van der Waals surface area contributed by atoms with Crippen LogP contribution in [0.25, 0.3) is 0 Å². The average molecular weight is 286 g/mol. The minimum Gasteiger partial charge on any atom is -0.394 e. The van der Waals surface area contributed by atoms with Crippen LogP contribution in [0.15, 0.2) is 30.3 Å². The zero-order valence-corrected chi connectivity index (χ0v) is 13.5. The molecule has 0 radical (unpaired) electrons. The van der Waals surface area contributed by atoms with Gasteiger partial charge in [-0.15, -0.1) is 0 Å². The van der Waals surface area contributed by atoms with Crippen LogP contribution in [-0.4, -0.2) is 15.3 Å². The Hall–Kier alpha value is -1.97. The summed E-state index contributed by atoms with van der Waals surface area (Å²) < 4.78 is 1.94. The molecule has 0 fully saturated rings. The zero-order chi connectivity index (χ0) is 15.5. The van der Waals surface area contributed by atoms with Crippen molar-refractivity contribution in [3.8, 4) is 0 Å². The summed E-state index contributed by atoms with van der Waals surface area (Å²) in [5.41, 5.74) is 9.11. The molecule has 1 aromatic heterocycles. The molecule has 4 heteroatoms. The van der Waals surface area contributed by atoms with Gasteiger partial charge < -0.3 is 11.1 Å². The van der Waals surface area contributed by atoms with E-state index in [1.54, 1.807) is 0 Å². The topological polar surface area (TPSA) is 55.9 Å². The number of benzene rings is 1. The first-order valence-corrected chi connectivity index (χ1v) is 7.58. The van der Waals surface area contributed by atoms with E-state index in [9.17, 15) is 0 Å². The standard InChI is InChI=1S/C17H26N4/c1-5-21-16(15(18)13(2)20-21)19-17(3,4)12-11-14-9-7-6-8-10-14/h6-10,19H,5,11-12,18H2,1-4H3. The Morgan fingerprint density at radius 1 is 1.24 bits per heavy atom. The van der Waals surface area contributed by atoms with E-state index in [0.717, 1.165) is 36.6 Å². The van der Waals surface area contributed by atoms with Crippen LogP contribution in [0.4, 0.5) is 11.5 Å². The smallest absolute Gasteiger partial charge is 0.148 e. The van der Waals surface area contributed by atoms with E-state index in [1.165, 1.54) is 5.56 Å². The second kappa shape index (κ2) is 6.20. The van der Waals surface area contributed by atoms with Crippen molar-refractivity contribution in [2.75, 3.05) is 11.1 Å². The van der Waals surface area contributed by atoms with E-state index >= 15 is 0 Å². The number of rotatable bonds is 6. The lowest BCUT2D eigenvalue weighted by Gasteiger charge is -2.28. The molecule has 0 saturated heterocycles. The van der Waals surface area contributed by atoms with Gasteiger partial charge in [-0.25, -0.2) is 4.68 Å². The van der Waals surface area contributed by atoms with Crippen molar-refractivity contribution in [1.29, 1.82) is 0 Å². The number of hydrogen-bond donors (Lipinski definition) is 2. The molecule has 0 amide bonds. The summed E-state index contributed by atoms with van der Waals surface area (Å²) in [5.74, 6) is 0.938. The number of anilines is 2. The van der Waals surface area contributed by atoms with E-state index in [2.05, 4.69) is 61.5 Å². The third-order valence-corrected chi connectivity index (χ3v) is 3.81. The summed E-state index contributed by atoms with van der Waals surface area (Å²) in [6.07, 6.45) is 2.07. The fraction of sp³-hybridized carbons (Fsp3) is 0.471. The van der Waals surface area contributed by atoms with Crippen molar-refractivity contribution in [2.24, 2.45) is 0 Å². The van der Waals surface area contributed by atoms with Crippen LogP contribution in [-0.2, 0) is 13.0 Å². The van der Waals surface area contributed by atoms with Crippen LogP contribution in [0.5, 0.6) is 0 Å². The summed E-state index contributed by atoms with van der Waals surface area (Å²) >= 11 is 0. The minimum absolute atomic E-state index is 0.0383. The third-order valence-electron chi connectivity index (χ3n) is 3.81. The largest absolute Gasteiger partial charge is 0.394 e. The average Bonchev–Trinajstić information content (AvgIpc) is 2.74. The maximum absolute atomic E-state index is 6.15. The fourth-order valence-corrected chi connectivity index (χ4v) is 2.44. The van der Waals surface area contributed by atoms with Gasteiger partial charge >= 0.3 is 0 Å². The second-order valence-electron chi connectivity index (χ2n) is 6.16. The molecule has 2 aromatic rings. The molecule has 2 rings (SSSR count). The van der Waals surface area contributed by atoms with Crippen molar-refractivity contribution < 1.29 is 0 Å². The maximum Gasteiger partial charge on any atom is 0.148 e. The number of hydrogen-bond acceptors (Lipinski definition) is 3. The highest BCUT2D eigenvalue weighted by Gasteiger charge is 2.22. The van der Waals surface area contributed by atoms with Gasteiger partial charge in [-0.2, -0.15) is 5.10 Å². The maximum atomic E-state index is 6.15. The predicted octanol–water partition coefficient (Wildman–Crippen LogP) is 3.62. The molecule has 0 saturated carbocycles. The number of aryl methyl sites for hydroxylation is 3. The Morgan fingerprint density at radius 3 is 2.52 bits per heavy atom. The van der Waals surface area contributed by atoms with E-state index < -0.39 is 0 Å². The van der Waals surface area contributed by atoms with Gasteiger partial charge in [0.1, 0.15) is 5.82 Å². The quantitative estimate of drug-likeness (QED) is 0.852. The van der Waals surface area contributed by atoms with Crippen LogP contribution >= 0.6 is 0 Å². The van der Waals surface area contributed by atoms with Crippen LogP contribution in [0.1, 0.15) is 38.4 Å². The first kappa shape index (κ1) is 15.4. The molecule has 4 nitrogen and oxygen atoms in total. The molecule has 3 N–H and O–H groups in total. The molecule has 0 atom stereocenters. The lowest BCUT2D eigenvalue weighted by Crippen LogP contribution is -2.33. The van der Waals surface area contributed by atoms with Crippen molar-refractivity contribution in [1.82, 2.24) is 9.78 Å². The van der Waals surface area contributed by atoms with Gasteiger partial charge in [0.15, 0.2) is 0 Å². The molecule has 114 valence electrons. The second-order valence-corrected chi connectivity index (χ2v) is 6.16. The summed E-state index contributed by atoms with van der Waals surface area (Å²) in [4.78, 5) is 0. The lowest BCUT2D eigenvalue weighted by molar-refractivity contribution is 0.508. The highest BCUT2D eigenvalue weighted by atomic mass is 15.3. The highest BCUT2D eigenvalue weighted by molar-refractivity contribution is 5.65. The molecule has 1 aromatic carbocycles. The van der Waals surface area contributed by atoms with E-state index in [1.807, 2.05) is 11.6 Å². The number of nitrogens with two attached hydrogens (primary N) is 1. The van der Waals surface area contributed by atoms with Crippen LogP contribution in [0.3, 0.4) is 0 Å². The molecule has 0 aliphatic rings. The van der Waals surface area contributed by atoms with Crippen molar-refractivity contribution in [3.05, 3.63) is 41.6 Å². The Bertz CT molecular complexity index is 584. The first-order valence-electron chi connectivity index (χ1n) is 7.58. The molecule has 21 heavy (non-hydrogen) atoms. The Kier molecular flexibility index (Phi) is 4.56. The minimum atomic E-state index is -0.0383. The molecule has 0 spiro atoms. The molecule has 0 bridgehead atoms. The summed E-state index contributed by atoms with van der Waals surface area (Å²) in [7, 11) is 0. The van der Waals surface area contributed by atoms with Gasteiger partial charge in [-0.05, 0) is 46.1 Å². The Morgan fingerprint density at radius 2 is 1.90 bits per heavy atom. The van der Waals surface area contributed by atoms with Gasteiger partial charge in [-0.3, -0.25) is 0 Å². The number of nitrogens with zero attached hydrogens (tertiary/aromatic N) is 2. The first-order chi connectivity index (χ1) is 9.93. The van der Waals surface area contributed by atoms with E-state index in [-0.39, 0.29) is 5.54 Å². The lowest BCUT2D eigenvalue weighted by atomic mass is 9.95. The molecule has 0 aliphatic heterocycles. The van der Waals surface area contributed by atoms with Crippen LogP contribution < -0.4 is 11.1 Å². The highest BCUT2D eigenvalue weighted by Crippen LogP contribution is 2.27. The zero-order valence-electron chi connectivity index (χ0n) is 13.5. The Balaban J connectivity index is 2.07. The summed E-state index contributed by atoms with van der Waals surface area (Å²) in [6.45, 7) is 9.25. The van der Waals surface area contributed by atoms with Gasteiger partial charge in [0.25, 0.3) is 0 Å². The van der Waals surface area contributed by atoms with Gasteiger partial charge in [0.2, 0.25) is 0 Å². The summed E-state index contributed by atoms with van der Waals surface area (Å²) in [5, 5.41) is 8.03. The molecular weight excluding hydrogens is 260 g/mol. The van der Waals surface area contributed by atoms with Crippen molar-refractivity contribution in [3.63, 3.8) is 0 Å². The molecule has 0 unspecified atom stereocenters. The van der Waals surface area contributed by atoms with Gasteiger partial charge in [0.05, 0.1) is 11.4 Å². The van der Waals surface area contributed by atoms with E-state index in [4.69, 9.17) is 5.73 Å². The normalized spacial score (nSPS) is 11.6. The Labute approximate surface area is 127 Å². The van der Waals surface area contributed by atoms with Crippen LogP contribution in [0.2, 0.25) is 0 Å². The van der Waals surface area contributed by atoms with Crippen molar-refractivity contribution >= 4 is 11.5 Å². The van der Waals surface area contributed by atoms with Crippen LogP contribution in [0, 0.1) is 6.92 Å². The van der Waals surface area contributed by atoms with Crippen molar-refractivity contribution in [2.45, 2.75) is 52.6 Å². The summed E-state index contributed by atoms with van der Waals surface area (Å²) in [6, 6.07) is 10.6. The molecule has 1 heterocycles. The predicted molar refractivity (Wildman–Crippen MR) is 89.5 cm³/mol. The number of nitrogens with one attached hydrogen (secondary N) is 1. The number of aromatic nitrogens is 2. The molecule has 0 aliphatic carbocycles. The fourth-order valence-electron chi connectivity index (χ4n) is 2.44. The third kappa shape index (κ3) is 3.78. The number of nitrogen functional groups attached to an aromatic ring is 1. The monoisotopic (exact) mass is 286 g/mol. The van der Waals surface area contributed by atoms with E-state index in [0.29, 0.717) is 0 Å². The van der Waals surface area contributed by atoms with Gasteiger partial charge in [-0.1, -0.05) is 30.3 Å². The van der Waals surface area contributed by atoms with Gasteiger partial charge in [0, 0.05) is 12.1 Å². The molecular formula is C17H26N4.